The third kappa shape index (κ3) is 3.74. The fourth-order valence-corrected chi connectivity index (χ4v) is 4.89. The minimum atomic E-state index is -0.111. The summed E-state index contributed by atoms with van der Waals surface area (Å²) >= 11 is 8.12. The highest BCUT2D eigenvalue weighted by Gasteiger charge is 2.40. The molecule has 27 heavy (non-hydrogen) atoms. The summed E-state index contributed by atoms with van der Waals surface area (Å²) in [5, 5.41) is 11.3. The quantitative estimate of drug-likeness (QED) is 0.820. The lowest BCUT2D eigenvalue weighted by atomic mass is 9.95. The van der Waals surface area contributed by atoms with Gasteiger partial charge in [0, 0.05) is 23.9 Å². The van der Waals surface area contributed by atoms with Crippen molar-refractivity contribution in [2.24, 2.45) is 11.0 Å². The van der Waals surface area contributed by atoms with Crippen LogP contribution >= 0.6 is 22.9 Å². The van der Waals surface area contributed by atoms with Crippen molar-refractivity contribution in [1.82, 2.24) is 10.4 Å². The second-order valence-electron chi connectivity index (χ2n) is 7.02. The largest absolute Gasteiger partial charge is 0.284 e. The van der Waals surface area contributed by atoms with Crippen molar-refractivity contribution >= 4 is 40.2 Å². The van der Waals surface area contributed by atoms with E-state index in [0.29, 0.717) is 10.7 Å². The number of carbonyl (C=O) groups excluding carboxylic acids is 1. The van der Waals surface area contributed by atoms with Crippen LogP contribution in [0.1, 0.15) is 37.1 Å². The Morgan fingerprint density at radius 2 is 1.96 bits per heavy atom. The number of hydrogen-bond donors (Lipinski definition) is 1. The summed E-state index contributed by atoms with van der Waals surface area (Å²) in [5.41, 5.74) is 4.43. The number of nitrogens with one attached hydrogen (secondary N) is 1. The lowest BCUT2D eigenvalue weighted by Gasteiger charge is -2.27. The van der Waals surface area contributed by atoms with E-state index < -0.39 is 0 Å². The Balaban J connectivity index is 1.64. The number of carbonyl (C=O) groups is 1. The van der Waals surface area contributed by atoms with Gasteiger partial charge in [0.05, 0.1) is 16.8 Å². The van der Waals surface area contributed by atoms with Crippen LogP contribution in [0.3, 0.4) is 0 Å². The Morgan fingerprint density at radius 3 is 2.67 bits per heavy atom. The van der Waals surface area contributed by atoms with Gasteiger partial charge >= 0.3 is 0 Å². The monoisotopic (exact) mass is 402 g/mol. The molecule has 3 heterocycles. The van der Waals surface area contributed by atoms with Crippen molar-refractivity contribution in [1.29, 1.82) is 0 Å². The second-order valence-corrected chi connectivity index (χ2v) is 8.41. The molecule has 0 saturated carbocycles. The van der Waals surface area contributed by atoms with Crippen LogP contribution in [0.4, 0.5) is 5.69 Å². The van der Waals surface area contributed by atoms with Crippen molar-refractivity contribution in [2.45, 2.75) is 32.2 Å². The first-order valence-corrected chi connectivity index (χ1v) is 10.6. The van der Waals surface area contributed by atoms with E-state index in [1.165, 1.54) is 11.3 Å². The van der Waals surface area contributed by atoms with Gasteiger partial charge < -0.3 is 0 Å². The molecule has 1 aromatic carbocycles. The number of benzene rings is 1. The number of rotatable bonds is 4. The van der Waals surface area contributed by atoms with Gasteiger partial charge in [0.15, 0.2) is 0 Å². The van der Waals surface area contributed by atoms with Gasteiger partial charge in [0.25, 0.3) is 5.91 Å². The molecule has 0 aliphatic carbocycles. The Kier molecular flexibility index (Phi) is 5.48. The average molecular weight is 403 g/mol. The van der Waals surface area contributed by atoms with Crippen molar-refractivity contribution in [3.05, 3.63) is 51.7 Å². The molecule has 142 valence electrons. The van der Waals surface area contributed by atoms with Gasteiger partial charge in [-0.2, -0.15) is 5.10 Å². The van der Waals surface area contributed by atoms with Crippen LogP contribution in [0.5, 0.6) is 0 Å². The molecular formula is C20H23ClN4OS. The molecule has 0 unspecified atom stereocenters. The van der Waals surface area contributed by atoms with Crippen LogP contribution in [-0.2, 0) is 4.79 Å². The maximum Gasteiger partial charge on any atom is 0.282 e. The normalized spacial score (nSPS) is 23.3. The molecule has 7 heteroatoms. The van der Waals surface area contributed by atoms with Crippen LogP contribution in [0.2, 0.25) is 5.02 Å². The SMILES string of the molecule is C[C@@H]1C(C(=O)NN2CCCCC2)=NN(c2ccccc2Cl)[C@@H]1c1cccs1. The second kappa shape index (κ2) is 8.00. The third-order valence-electron chi connectivity index (χ3n) is 5.17. The number of para-hydroxylation sites is 1. The first-order valence-electron chi connectivity index (χ1n) is 9.37. The summed E-state index contributed by atoms with van der Waals surface area (Å²) < 4.78 is 0. The molecule has 0 radical (unpaired) electrons. The molecule has 1 fully saturated rings. The van der Waals surface area contributed by atoms with E-state index in [4.69, 9.17) is 16.7 Å². The maximum atomic E-state index is 13.0. The van der Waals surface area contributed by atoms with Crippen LogP contribution in [0, 0.1) is 5.92 Å². The molecule has 4 rings (SSSR count). The summed E-state index contributed by atoms with van der Waals surface area (Å²) in [6.07, 6.45) is 3.46. The minimum Gasteiger partial charge on any atom is -0.284 e. The Bertz CT molecular complexity index is 832. The summed E-state index contributed by atoms with van der Waals surface area (Å²) in [5.74, 6) is -0.148. The van der Waals surface area contributed by atoms with Gasteiger partial charge in [-0.05, 0) is 36.4 Å². The average Bonchev–Trinajstić information content (AvgIpc) is 3.30. The van der Waals surface area contributed by atoms with Gasteiger partial charge in [-0.3, -0.25) is 15.2 Å². The third-order valence-corrected chi connectivity index (χ3v) is 6.43. The van der Waals surface area contributed by atoms with Crippen LogP contribution < -0.4 is 10.4 Å². The lowest BCUT2D eigenvalue weighted by Crippen LogP contribution is -2.48. The highest BCUT2D eigenvalue weighted by molar-refractivity contribution is 7.10. The summed E-state index contributed by atoms with van der Waals surface area (Å²) in [6, 6.07) is 11.7. The van der Waals surface area contributed by atoms with E-state index in [1.807, 2.05) is 40.3 Å². The molecular weight excluding hydrogens is 380 g/mol. The van der Waals surface area contributed by atoms with E-state index in [2.05, 4.69) is 23.8 Å². The molecule has 1 amide bonds. The van der Waals surface area contributed by atoms with Gasteiger partial charge in [0.2, 0.25) is 0 Å². The summed E-state index contributed by atoms with van der Waals surface area (Å²) in [6.45, 7) is 3.86. The molecule has 1 N–H and O–H groups in total. The molecule has 0 spiro atoms. The summed E-state index contributed by atoms with van der Waals surface area (Å²) in [7, 11) is 0. The zero-order valence-corrected chi connectivity index (χ0v) is 16.8. The molecule has 2 atom stereocenters. The molecule has 1 aromatic heterocycles. The Morgan fingerprint density at radius 1 is 1.19 bits per heavy atom. The number of piperidine rings is 1. The topological polar surface area (TPSA) is 47.9 Å². The minimum absolute atomic E-state index is 0.0352. The van der Waals surface area contributed by atoms with Crippen molar-refractivity contribution in [3.63, 3.8) is 0 Å². The molecule has 2 aliphatic heterocycles. The van der Waals surface area contributed by atoms with E-state index in [9.17, 15) is 4.79 Å². The number of hydrogen-bond acceptors (Lipinski definition) is 5. The van der Waals surface area contributed by atoms with Crippen LogP contribution in [0.25, 0.3) is 0 Å². The van der Waals surface area contributed by atoms with Gasteiger partial charge in [-0.25, -0.2) is 5.01 Å². The first-order chi connectivity index (χ1) is 13.1. The number of amides is 1. The summed E-state index contributed by atoms with van der Waals surface area (Å²) in [4.78, 5) is 14.1. The van der Waals surface area contributed by atoms with Crippen molar-refractivity contribution in [2.75, 3.05) is 18.1 Å². The Hall–Kier alpha value is -1.89. The van der Waals surface area contributed by atoms with E-state index >= 15 is 0 Å². The number of nitrogens with zero attached hydrogens (tertiary/aromatic N) is 3. The standard InChI is InChI=1S/C20H23ClN4OS/c1-14-18(20(26)23-24-11-5-2-6-12-24)22-25(16-9-4-3-8-15(16)21)19(14)17-10-7-13-27-17/h3-4,7-10,13-14,19H,2,5-6,11-12H2,1H3,(H,23,26)/t14-,19+/m1/s1. The number of thiophene rings is 1. The molecule has 2 aliphatic rings. The number of hydrazone groups is 1. The van der Waals surface area contributed by atoms with E-state index in [0.717, 1.165) is 31.6 Å². The fraction of sp³-hybridized carbons (Fsp3) is 0.400. The number of anilines is 1. The van der Waals surface area contributed by atoms with Crippen LogP contribution in [-0.4, -0.2) is 29.7 Å². The molecule has 0 bridgehead atoms. The van der Waals surface area contributed by atoms with Crippen LogP contribution in [0.15, 0.2) is 46.9 Å². The van der Waals surface area contributed by atoms with Crippen molar-refractivity contribution < 1.29 is 4.79 Å². The number of halogens is 1. The van der Waals surface area contributed by atoms with Crippen molar-refractivity contribution in [3.8, 4) is 0 Å². The van der Waals surface area contributed by atoms with E-state index in [1.54, 1.807) is 11.3 Å². The smallest absolute Gasteiger partial charge is 0.282 e. The zero-order chi connectivity index (χ0) is 18.8. The predicted molar refractivity (Wildman–Crippen MR) is 111 cm³/mol. The van der Waals surface area contributed by atoms with Gasteiger partial charge in [0.1, 0.15) is 5.71 Å². The molecule has 1 saturated heterocycles. The fourth-order valence-electron chi connectivity index (χ4n) is 3.76. The number of hydrazine groups is 1. The highest BCUT2D eigenvalue weighted by Crippen LogP contribution is 2.42. The zero-order valence-electron chi connectivity index (χ0n) is 15.3. The predicted octanol–water partition coefficient (Wildman–Crippen LogP) is 4.47. The molecule has 5 nitrogen and oxygen atoms in total. The lowest BCUT2D eigenvalue weighted by molar-refractivity contribution is -0.120. The molecule has 2 aromatic rings. The van der Waals surface area contributed by atoms with E-state index in [-0.39, 0.29) is 17.9 Å². The first kappa shape index (κ1) is 18.5. The highest BCUT2D eigenvalue weighted by atomic mass is 35.5. The van der Waals surface area contributed by atoms with Gasteiger partial charge in [-0.1, -0.05) is 43.1 Å². The van der Waals surface area contributed by atoms with Gasteiger partial charge in [-0.15, -0.1) is 11.3 Å². The maximum absolute atomic E-state index is 13.0. The Labute approximate surface area is 168 Å².